The van der Waals surface area contributed by atoms with Crippen LogP contribution in [0.5, 0.6) is 0 Å². The molecule has 1 aromatic carbocycles. The van der Waals surface area contributed by atoms with Gasteiger partial charge in [0.15, 0.2) is 0 Å². The fourth-order valence-corrected chi connectivity index (χ4v) is 0.877. The molecule has 1 rings (SSSR count). The van der Waals surface area contributed by atoms with Gasteiger partial charge in [0, 0.05) is 11.3 Å². The Kier molecular flexibility index (Phi) is 2.19. The quantitative estimate of drug-likeness (QED) is 0.653. The average Bonchev–Trinajstić information content (AvgIpc) is 2.04. The van der Waals surface area contributed by atoms with Crippen molar-refractivity contribution in [2.45, 2.75) is 0 Å². The van der Waals surface area contributed by atoms with Crippen molar-refractivity contribution in [1.29, 1.82) is 0 Å². The maximum atomic E-state index is 9.01. The van der Waals surface area contributed by atoms with Gasteiger partial charge in [-0.25, -0.2) is 0 Å². The summed E-state index contributed by atoms with van der Waals surface area (Å²) >= 11 is 0. The van der Waals surface area contributed by atoms with Crippen molar-refractivity contribution in [2.24, 2.45) is 5.73 Å². The summed E-state index contributed by atoms with van der Waals surface area (Å²) in [6.45, 7) is 6.99. The first-order valence-corrected chi connectivity index (χ1v) is 3.54. The van der Waals surface area contributed by atoms with Crippen LogP contribution in [-0.2, 0) is 0 Å². The lowest BCUT2D eigenvalue weighted by Crippen LogP contribution is -1.93. The summed E-state index contributed by atoms with van der Waals surface area (Å²) in [6.07, 6.45) is 0. The molecular weight excluding hydrogens is 150 g/mol. The van der Waals surface area contributed by atoms with Gasteiger partial charge < -0.3 is 10.8 Å². The molecule has 0 aliphatic carbocycles. The lowest BCUT2D eigenvalue weighted by atomic mass is 10.1. The molecule has 0 radical (unpaired) electrons. The Labute approximate surface area is 71.6 Å². The fraction of sp³-hybridized carbons (Fsp3) is 0. The van der Waals surface area contributed by atoms with Crippen LogP contribution in [0.15, 0.2) is 37.4 Å². The Balaban J connectivity index is 3.01. The fourth-order valence-electron chi connectivity index (χ4n) is 0.877. The first kappa shape index (κ1) is 8.40. The van der Waals surface area contributed by atoms with Crippen LogP contribution in [0.25, 0.3) is 11.5 Å². The summed E-state index contributed by atoms with van der Waals surface area (Å²) in [5.74, 6) is 0.0594. The minimum atomic E-state index is 0.0594. The van der Waals surface area contributed by atoms with Crippen molar-refractivity contribution >= 4 is 11.5 Å². The van der Waals surface area contributed by atoms with Crippen molar-refractivity contribution in [3.8, 4) is 0 Å². The van der Waals surface area contributed by atoms with E-state index in [0.717, 1.165) is 5.56 Å². The van der Waals surface area contributed by atoms with E-state index in [1.165, 1.54) is 0 Å². The molecule has 2 nitrogen and oxygen atoms in total. The van der Waals surface area contributed by atoms with Gasteiger partial charge in [0.1, 0.15) is 5.76 Å². The molecule has 62 valence electrons. The minimum absolute atomic E-state index is 0.0594. The molecule has 0 unspecified atom stereocenters. The zero-order valence-corrected chi connectivity index (χ0v) is 6.75. The highest BCUT2D eigenvalue weighted by atomic mass is 16.3. The highest BCUT2D eigenvalue weighted by Crippen LogP contribution is 2.12. The number of hydrogen-bond donors (Lipinski definition) is 2. The van der Waals surface area contributed by atoms with Gasteiger partial charge in [0.25, 0.3) is 0 Å². The molecule has 0 fully saturated rings. The summed E-state index contributed by atoms with van der Waals surface area (Å²) in [4.78, 5) is 0. The number of benzene rings is 1. The minimum Gasteiger partial charge on any atom is -0.508 e. The molecule has 2 heteroatoms. The summed E-state index contributed by atoms with van der Waals surface area (Å²) in [7, 11) is 0. The van der Waals surface area contributed by atoms with Crippen LogP contribution >= 0.6 is 0 Å². The molecular formula is C10H11NO. The summed E-state index contributed by atoms with van der Waals surface area (Å²) in [5.41, 5.74) is 7.53. The van der Waals surface area contributed by atoms with E-state index in [1.807, 2.05) is 0 Å². The molecule has 12 heavy (non-hydrogen) atoms. The van der Waals surface area contributed by atoms with E-state index in [9.17, 15) is 0 Å². The van der Waals surface area contributed by atoms with Crippen molar-refractivity contribution in [2.75, 3.05) is 0 Å². The molecule has 0 aliphatic rings. The molecule has 0 saturated heterocycles. The van der Waals surface area contributed by atoms with Gasteiger partial charge in [-0.15, -0.1) is 0 Å². The average molecular weight is 161 g/mol. The Bertz CT molecular complexity index is 278. The Morgan fingerprint density at radius 2 is 1.50 bits per heavy atom. The molecule has 3 N–H and O–H groups in total. The van der Waals surface area contributed by atoms with Crippen LogP contribution < -0.4 is 5.73 Å². The molecule has 0 aliphatic heterocycles. The van der Waals surface area contributed by atoms with Gasteiger partial charge in [0.05, 0.1) is 0 Å². The third-order valence-electron chi connectivity index (χ3n) is 1.59. The van der Waals surface area contributed by atoms with Gasteiger partial charge in [0.2, 0.25) is 0 Å². The van der Waals surface area contributed by atoms with Crippen molar-refractivity contribution in [3.63, 3.8) is 0 Å². The predicted octanol–water partition coefficient (Wildman–Crippen LogP) is 2.14. The van der Waals surface area contributed by atoms with Crippen LogP contribution in [0.1, 0.15) is 11.1 Å². The SMILES string of the molecule is C=C(N)c1ccc(C(=C)O)cc1. The van der Waals surface area contributed by atoms with E-state index >= 15 is 0 Å². The second-order valence-electron chi connectivity index (χ2n) is 2.55. The van der Waals surface area contributed by atoms with Crippen LogP contribution in [0.2, 0.25) is 0 Å². The number of aliphatic hydroxyl groups is 1. The molecule has 0 bridgehead atoms. The first-order valence-electron chi connectivity index (χ1n) is 3.54. The highest BCUT2D eigenvalue weighted by Gasteiger charge is 1.96. The van der Waals surface area contributed by atoms with Gasteiger partial charge in [-0.1, -0.05) is 37.4 Å². The molecule has 0 saturated carbocycles. The number of hydrogen-bond acceptors (Lipinski definition) is 2. The van der Waals surface area contributed by atoms with Crippen molar-refractivity contribution in [3.05, 3.63) is 48.6 Å². The topological polar surface area (TPSA) is 46.2 Å². The second kappa shape index (κ2) is 3.13. The molecule has 0 heterocycles. The molecule has 0 aromatic heterocycles. The van der Waals surface area contributed by atoms with Crippen LogP contribution in [0.3, 0.4) is 0 Å². The van der Waals surface area contributed by atoms with E-state index in [-0.39, 0.29) is 5.76 Å². The summed E-state index contributed by atoms with van der Waals surface area (Å²) in [5, 5.41) is 9.01. The molecule has 0 spiro atoms. The number of aliphatic hydroxyl groups excluding tert-OH is 1. The predicted molar refractivity (Wildman–Crippen MR) is 51.3 cm³/mol. The van der Waals surface area contributed by atoms with E-state index in [0.29, 0.717) is 11.3 Å². The molecule has 0 atom stereocenters. The van der Waals surface area contributed by atoms with Gasteiger partial charge in [-0.05, 0) is 5.56 Å². The van der Waals surface area contributed by atoms with E-state index < -0.39 is 0 Å². The number of nitrogens with two attached hydrogens (primary N) is 1. The largest absolute Gasteiger partial charge is 0.508 e. The van der Waals surface area contributed by atoms with E-state index in [4.69, 9.17) is 10.8 Å². The molecule has 1 aromatic rings. The third kappa shape index (κ3) is 1.66. The molecule has 0 amide bonds. The van der Waals surface area contributed by atoms with Crippen LogP contribution in [0, 0.1) is 0 Å². The van der Waals surface area contributed by atoms with Crippen LogP contribution in [0.4, 0.5) is 0 Å². The van der Waals surface area contributed by atoms with Gasteiger partial charge in [-0.3, -0.25) is 0 Å². The number of rotatable bonds is 2. The Hall–Kier alpha value is -1.70. The lowest BCUT2D eigenvalue weighted by molar-refractivity contribution is 0.514. The Morgan fingerprint density at radius 3 is 1.83 bits per heavy atom. The first-order chi connectivity index (χ1) is 5.61. The van der Waals surface area contributed by atoms with Gasteiger partial charge >= 0.3 is 0 Å². The highest BCUT2D eigenvalue weighted by molar-refractivity contribution is 5.64. The lowest BCUT2D eigenvalue weighted by Gasteiger charge is -2.01. The Morgan fingerprint density at radius 1 is 1.08 bits per heavy atom. The maximum absolute atomic E-state index is 9.01. The van der Waals surface area contributed by atoms with E-state index in [2.05, 4.69) is 13.2 Å². The second-order valence-corrected chi connectivity index (χ2v) is 2.55. The monoisotopic (exact) mass is 161 g/mol. The maximum Gasteiger partial charge on any atom is 0.115 e. The van der Waals surface area contributed by atoms with Crippen molar-refractivity contribution < 1.29 is 5.11 Å². The third-order valence-corrected chi connectivity index (χ3v) is 1.59. The normalized spacial score (nSPS) is 9.33. The zero-order valence-electron chi connectivity index (χ0n) is 6.75. The van der Waals surface area contributed by atoms with Crippen LogP contribution in [-0.4, -0.2) is 5.11 Å². The standard InChI is InChI=1S/C10H11NO/c1-7(11)9-3-5-10(6-4-9)8(2)12/h3-6,12H,1-2,11H2. The van der Waals surface area contributed by atoms with Crippen molar-refractivity contribution in [1.82, 2.24) is 0 Å². The summed E-state index contributed by atoms with van der Waals surface area (Å²) in [6, 6.07) is 7.07. The van der Waals surface area contributed by atoms with E-state index in [1.54, 1.807) is 24.3 Å². The van der Waals surface area contributed by atoms with Gasteiger partial charge in [-0.2, -0.15) is 0 Å². The zero-order chi connectivity index (χ0) is 9.14. The summed E-state index contributed by atoms with van der Waals surface area (Å²) < 4.78 is 0. The smallest absolute Gasteiger partial charge is 0.115 e.